The average molecular weight is 248 g/mol. The Morgan fingerprint density at radius 1 is 1.33 bits per heavy atom. The molecule has 1 aliphatic heterocycles. The number of furan rings is 1. The Kier molecular flexibility index (Phi) is 2.59. The highest BCUT2D eigenvalue weighted by Gasteiger charge is 2.18. The van der Waals surface area contributed by atoms with E-state index >= 15 is 0 Å². The van der Waals surface area contributed by atoms with Crippen molar-refractivity contribution in [1.82, 2.24) is 0 Å². The van der Waals surface area contributed by atoms with Gasteiger partial charge < -0.3 is 18.6 Å². The molecule has 0 unspecified atom stereocenters. The molecule has 2 aromatic rings. The zero-order valence-corrected chi connectivity index (χ0v) is 9.89. The van der Waals surface area contributed by atoms with Crippen LogP contribution in [0.5, 0.6) is 11.5 Å². The highest BCUT2D eigenvalue weighted by Crippen LogP contribution is 2.37. The van der Waals surface area contributed by atoms with Crippen molar-refractivity contribution < 1.29 is 23.4 Å². The molecule has 0 radical (unpaired) electrons. The molecule has 5 nitrogen and oxygen atoms in total. The number of carbonyl (C=O) groups excluding carboxylic acids is 1. The Balaban J connectivity index is 1.96. The molecule has 0 aliphatic carbocycles. The monoisotopic (exact) mass is 248 g/mol. The van der Waals surface area contributed by atoms with Crippen LogP contribution in [0.4, 0.5) is 0 Å². The molecular weight excluding hydrogens is 236 g/mol. The van der Waals surface area contributed by atoms with Gasteiger partial charge in [-0.2, -0.15) is 0 Å². The third-order valence-electron chi connectivity index (χ3n) is 2.79. The van der Waals surface area contributed by atoms with Crippen LogP contribution in [0.1, 0.15) is 12.5 Å². The van der Waals surface area contributed by atoms with E-state index in [4.69, 9.17) is 18.6 Å². The molecule has 0 saturated heterocycles. The van der Waals surface area contributed by atoms with E-state index in [0.29, 0.717) is 23.7 Å². The third-order valence-corrected chi connectivity index (χ3v) is 2.79. The SMILES string of the molecule is CCOC(=O)Cc1coc2cc3c(cc12)OCO3. The summed E-state index contributed by atoms with van der Waals surface area (Å²) in [5.41, 5.74) is 1.47. The summed E-state index contributed by atoms with van der Waals surface area (Å²) < 4.78 is 20.9. The molecule has 2 heterocycles. The molecule has 1 aromatic heterocycles. The van der Waals surface area contributed by atoms with Crippen LogP contribution in [0.3, 0.4) is 0 Å². The summed E-state index contributed by atoms with van der Waals surface area (Å²) in [5, 5.41) is 0.854. The number of hydrogen-bond donors (Lipinski definition) is 0. The van der Waals surface area contributed by atoms with Crippen LogP contribution in [0.15, 0.2) is 22.8 Å². The highest BCUT2D eigenvalue weighted by atomic mass is 16.7. The first kappa shape index (κ1) is 11.0. The number of rotatable bonds is 3. The van der Waals surface area contributed by atoms with Crippen LogP contribution in [-0.4, -0.2) is 19.4 Å². The molecule has 0 atom stereocenters. The summed E-state index contributed by atoms with van der Waals surface area (Å²) in [7, 11) is 0. The lowest BCUT2D eigenvalue weighted by Gasteiger charge is -2.00. The Labute approximate surface area is 103 Å². The Bertz CT molecular complexity index is 599. The van der Waals surface area contributed by atoms with Gasteiger partial charge in [0, 0.05) is 17.0 Å². The Morgan fingerprint density at radius 2 is 2.11 bits per heavy atom. The minimum Gasteiger partial charge on any atom is -0.466 e. The predicted molar refractivity (Wildman–Crippen MR) is 62.7 cm³/mol. The maximum absolute atomic E-state index is 11.5. The summed E-state index contributed by atoms with van der Waals surface area (Å²) in [5.74, 6) is 1.08. The van der Waals surface area contributed by atoms with Gasteiger partial charge in [-0.1, -0.05) is 0 Å². The minimum absolute atomic E-state index is 0.195. The van der Waals surface area contributed by atoms with Crippen LogP contribution in [0.2, 0.25) is 0 Å². The van der Waals surface area contributed by atoms with Crippen molar-refractivity contribution in [2.75, 3.05) is 13.4 Å². The molecule has 1 aliphatic rings. The fourth-order valence-electron chi connectivity index (χ4n) is 1.97. The molecule has 0 bridgehead atoms. The fraction of sp³-hybridized carbons (Fsp3) is 0.308. The summed E-state index contributed by atoms with van der Waals surface area (Å²) in [6, 6.07) is 3.60. The zero-order chi connectivity index (χ0) is 12.5. The fourth-order valence-corrected chi connectivity index (χ4v) is 1.97. The van der Waals surface area contributed by atoms with E-state index in [1.165, 1.54) is 0 Å². The highest BCUT2D eigenvalue weighted by molar-refractivity contribution is 5.88. The lowest BCUT2D eigenvalue weighted by molar-refractivity contribution is -0.142. The standard InChI is InChI=1S/C13H12O5/c1-2-15-13(14)3-8-6-16-10-5-12-11(4-9(8)10)17-7-18-12/h4-6H,2-3,7H2,1H3. The molecule has 0 amide bonds. The van der Waals surface area contributed by atoms with E-state index in [0.717, 1.165) is 10.9 Å². The van der Waals surface area contributed by atoms with Crippen molar-refractivity contribution >= 4 is 16.9 Å². The lowest BCUT2D eigenvalue weighted by Crippen LogP contribution is -2.06. The summed E-state index contributed by atoms with van der Waals surface area (Å²) in [6.07, 6.45) is 1.76. The summed E-state index contributed by atoms with van der Waals surface area (Å²) >= 11 is 0. The predicted octanol–water partition coefficient (Wildman–Crippen LogP) is 2.27. The average Bonchev–Trinajstić information content (AvgIpc) is 2.94. The maximum Gasteiger partial charge on any atom is 0.310 e. The van der Waals surface area contributed by atoms with Crippen LogP contribution in [0, 0.1) is 0 Å². The summed E-state index contributed by atoms with van der Waals surface area (Å²) in [6.45, 7) is 2.37. The largest absolute Gasteiger partial charge is 0.466 e. The van der Waals surface area contributed by atoms with Crippen LogP contribution in [-0.2, 0) is 16.0 Å². The molecule has 0 fully saturated rings. The minimum atomic E-state index is -0.266. The zero-order valence-electron chi connectivity index (χ0n) is 9.89. The van der Waals surface area contributed by atoms with Gasteiger partial charge in [0.05, 0.1) is 19.3 Å². The van der Waals surface area contributed by atoms with Gasteiger partial charge in [-0.25, -0.2) is 0 Å². The van der Waals surface area contributed by atoms with Gasteiger partial charge in [-0.15, -0.1) is 0 Å². The van der Waals surface area contributed by atoms with Crippen LogP contribution in [0.25, 0.3) is 11.0 Å². The first-order valence-electron chi connectivity index (χ1n) is 5.73. The van der Waals surface area contributed by atoms with Crippen molar-refractivity contribution in [1.29, 1.82) is 0 Å². The molecule has 0 saturated carbocycles. The summed E-state index contributed by atoms with van der Waals surface area (Å²) in [4.78, 5) is 11.5. The van der Waals surface area contributed by atoms with Gasteiger partial charge in [-0.3, -0.25) is 4.79 Å². The van der Waals surface area contributed by atoms with Crippen LogP contribution >= 0.6 is 0 Å². The van der Waals surface area contributed by atoms with E-state index in [-0.39, 0.29) is 19.2 Å². The quantitative estimate of drug-likeness (QED) is 0.780. The van der Waals surface area contributed by atoms with E-state index in [2.05, 4.69) is 0 Å². The Hall–Kier alpha value is -2.17. The van der Waals surface area contributed by atoms with E-state index in [9.17, 15) is 4.79 Å². The first-order valence-corrected chi connectivity index (χ1v) is 5.73. The van der Waals surface area contributed by atoms with Gasteiger partial charge >= 0.3 is 5.97 Å². The smallest absolute Gasteiger partial charge is 0.310 e. The molecule has 0 N–H and O–H groups in total. The van der Waals surface area contributed by atoms with E-state index < -0.39 is 0 Å². The van der Waals surface area contributed by atoms with Crippen molar-refractivity contribution in [2.45, 2.75) is 13.3 Å². The molecular formula is C13H12O5. The molecule has 94 valence electrons. The molecule has 5 heteroatoms. The number of esters is 1. The second-order valence-electron chi connectivity index (χ2n) is 3.94. The van der Waals surface area contributed by atoms with Crippen molar-refractivity contribution in [3.8, 4) is 11.5 Å². The second-order valence-corrected chi connectivity index (χ2v) is 3.94. The van der Waals surface area contributed by atoms with Crippen molar-refractivity contribution in [2.24, 2.45) is 0 Å². The lowest BCUT2D eigenvalue weighted by atomic mass is 10.1. The number of ether oxygens (including phenoxy) is 3. The van der Waals surface area contributed by atoms with Gasteiger partial charge in [-0.05, 0) is 13.0 Å². The van der Waals surface area contributed by atoms with Crippen molar-refractivity contribution in [3.05, 3.63) is 24.0 Å². The van der Waals surface area contributed by atoms with Gasteiger partial charge in [0.15, 0.2) is 11.5 Å². The topological polar surface area (TPSA) is 57.9 Å². The number of benzene rings is 1. The van der Waals surface area contributed by atoms with Gasteiger partial charge in [0.25, 0.3) is 0 Å². The second kappa shape index (κ2) is 4.25. The van der Waals surface area contributed by atoms with Crippen molar-refractivity contribution in [3.63, 3.8) is 0 Å². The maximum atomic E-state index is 11.5. The molecule has 0 spiro atoms. The number of hydrogen-bond acceptors (Lipinski definition) is 5. The molecule has 1 aromatic carbocycles. The molecule has 3 rings (SSSR count). The van der Waals surface area contributed by atoms with E-state index in [1.54, 1.807) is 19.3 Å². The first-order chi connectivity index (χ1) is 8.78. The van der Waals surface area contributed by atoms with Gasteiger partial charge in [0.2, 0.25) is 6.79 Å². The van der Waals surface area contributed by atoms with E-state index in [1.807, 2.05) is 6.07 Å². The molecule has 18 heavy (non-hydrogen) atoms. The van der Waals surface area contributed by atoms with Gasteiger partial charge in [0.1, 0.15) is 5.58 Å². The van der Waals surface area contributed by atoms with Crippen LogP contribution < -0.4 is 9.47 Å². The number of carbonyl (C=O) groups is 1. The Morgan fingerprint density at radius 3 is 2.89 bits per heavy atom. The normalized spacial score (nSPS) is 12.9. The third kappa shape index (κ3) is 1.77. The number of fused-ring (bicyclic) bond motifs is 2.